The Morgan fingerprint density at radius 3 is 2.87 bits per heavy atom. The van der Waals surface area contributed by atoms with E-state index in [2.05, 4.69) is 15.6 Å². The van der Waals surface area contributed by atoms with Crippen LogP contribution in [0, 0.1) is 11.6 Å². The molecule has 30 heavy (non-hydrogen) atoms. The molecular weight excluding hydrogens is 414 g/mol. The fourth-order valence-electron chi connectivity index (χ4n) is 4.25. The maximum Gasteiger partial charge on any atom is 0.248 e. The summed E-state index contributed by atoms with van der Waals surface area (Å²) in [6.07, 6.45) is 1.39. The molecule has 1 saturated heterocycles. The van der Waals surface area contributed by atoms with Crippen LogP contribution < -0.4 is 15.5 Å². The molecule has 3 heterocycles. The van der Waals surface area contributed by atoms with E-state index in [0.717, 1.165) is 6.07 Å². The zero-order valence-electron chi connectivity index (χ0n) is 15.8. The number of phenols is 1. The average molecular weight is 431 g/mol. The summed E-state index contributed by atoms with van der Waals surface area (Å²) in [6.45, 7) is 2.99. The van der Waals surface area contributed by atoms with Gasteiger partial charge in [-0.15, -0.1) is 0 Å². The number of phenolic OH excluding ortho intramolecular Hbond substituents is 1. The van der Waals surface area contributed by atoms with E-state index in [1.807, 2.05) is 11.8 Å². The van der Waals surface area contributed by atoms with E-state index in [-0.39, 0.29) is 33.6 Å². The molecule has 0 radical (unpaired) electrons. The minimum Gasteiger partial charge on any atom is -0.507 e. The van der Waals surface area contributed by atoms with Gasteiger partial charge >= 0.3 is 0 Å². The van der Waals surface area contributed by atoms with Crippen molar-refractivity contribution in [1.82, 2.24) is 10.3 Å². The Hall–Kier alpha value is -2.97. The van der Waals surface area contributed by atoms with Crippen LogP contribution in [0.3, 0.4) is 0 Å². The number of hydrogen-bond donors (Lipinski definition) is 3. The fraction of sp³-hybridized carbons (Fsp3) is 0.238. The first-order chi connectivity index (χ1) is 14.4. The lowest BCUT2D eigenvalue weighted by molar-refractivity contribution is -0.117. The van der Waals surface area contributed by atoms with Crippen LogP contribution in [0.2, 0.25) is 5.02 Å². The van der Waals surface area contributed by atoms with Crippen LogP contribution >= 0.6 is 11.6 Å². The molecule has 0 aliphatic carbocycles. The lowest BCUT2D eigenvalue weighted by atomic mass is 9.97. The number of aromatic hydroxyl groups is 1. The Bertz CT molecular complexity index is 1200. The summed E-state index contributed by atoms with van der Waals surface area (Å²) in [5.74, 6) is -2.22. The molecule has 2 aliphatic heterocycles. The van der Waals surface area contributed by atoms with Gasteiger partial charge in [0.05, 0.1) is 28.2 Å². The molecule has 3 N–H and O–H groups in total. The summed E-state index contributed by atoms with van der Waals surface area (Å²) in [4.78, 5) is 18.6. The molecule has 9 heteroatoms. The largest absolute Gasteiger partial charge is 0.507 e. The van der Waals surface area contributed by atoms with Crippen molar-refractivity contribution >= 4 is 39.8 Å². The molecular formula is C21H17ClF2N4O2. The van der Waals surface area contributed by atoms with Crippen molar-refractivity contribution in [3.05, 3.63) is 47.1 Å². The van der Waals surface area contributed by atoms with Crippen molar-refractivity contribution in [2.75, 3.05) is 23.3 Å². The minimum absolute atomic E-state index is 0.0168. The highest BCUT2D eigenvalue weighted by molar-refractivity contribution is 6.34. The Morgan fingerprint density at radius 1 is 1.30 bits per heavy atom. The van der Waals surface area contributed by atoms with Crippen molar-refractivity contribution in [2.45, 2.75) is 19.0 Å². The van der Waals surface area contributed by atoms with Crippen LogP contribution in [0.5, 0.6) is 5.75 Å². The van der Waals surface area contributed by atoms with Crippen LogP contribution in [0.1, 0.15) is 6.92 Å². The van der Waals surface area contributed by atoms with Crippen LogP contribution in [0.25, 0.3) is 22.0 Å². The highest BCUT2D eigenvalue weighted by atomic mass is 35.5. The number of nitrogens with one attached hydrogen (secondary N) is 2. The molecule has 5 rings (SSSR count). The predicted molar refractivity (Wildman–Crippen MR) is 111 cm³/mol. The molecule has 1 aromatic heterocycles. The van der Waals surface area contributed by atoms with Crippen LogP contribution in [0.4, 0.5) is 20.2 Å². The number of anilines is 2. The summed E-state index contributed by atoms with van der Waals surface area (Å²) < 4.78 is 30.0. The monoisotopic (exact) mass is 430 g/mol. The second kappa shape index (κ2) is 6.78. The van der Waals surface area contributed by atoms with Crippen molar-refractivity contribution < 1.29 is 18.7 Å². The molecule has 6 nitrogen and oxygen atoms in total. The quantitative estimate of drug-likeness (QED) is 0.549. The number of nitrogens with zero attached hydrogens (tertiary/aromatic N) is 2. The second-order valence-corrected chi connectivity index (χ2v) is 7.97. The Morgan fingerprint density at radius 2 is 2.10 bits per heavy atom. The number of piperazine rings is 1. The number of benzene rings is 2. The van der Waals surface area contributed by atoms with E-state index in [0.29, 0.717) is 29.9 Å². The molecule has 1 fully saturated rings. The number of carbonyl (C=O) groups is 1. The third-order valence-corrected chi connectivity index (χ3v) is 5.92. The standard InChI is InChI=1S/C21H17ClF2N4O2/c1-9-8-28-14(7-25-9)21(30)27-13-6-26-19-10(20(13)28)5-11(22)16(18(19)24)17-12(23)3-2-4-15(17)29/h2-6,9,14,25,29H,7-8H2,1H3,(H,27,30)/t9-,14-/m1/s1. The summed E-state index contributed by atoms with van der Waals surface area (Å²) in [5.41, 5.74) is 0.510. The van der Waals surface area contributed by atoms with Gasteiger partial charge in [0.15, 0.2) is 5.82 Å². The van der Waals surface area contributed by atoms with E-state index in [1.54, 1.807) is 0 Å². The number of hydrogen-bond acceptors (Lipinski definition) is 5. The van der Waals surface area contributed by atoms with Crippen molar-refractivity contribution in [1.29, 1.82) is 0 Å². The number of pyridine rings is 1. The molecule has 3 aromatic rings. The predicted octanol–water partition coefficient (Wildman–Crippen LogP) is 3.66. The Balaban J connectivity index is 1.78. The van der Waals surface area contributed by atoms with E-state index in [4.69, 9.17) is 11.6 Å². The van der Waals surface area contributed by atoms with Crippen LogP contribution in [-0.2, 0) is 4.79 Å². The highest BCUT2D eigenvalue weighted by Crippen LogP contribution is 2.45. The number of halogens is 3. The number of rotatable bonds is 1. The summed E-state index contributed by atoms with van der Waals surface area (Å²) in [5, 5.41) is 16.6. The first kappa shape index (κ1) is 19.0. The first-order valence-electron chi connectivity index (χ1n) is 9.46. The van der Waals surface area contributed by atoms with Gasteiger partial charge in [-0.3, -0.25) is 9.78 Å². The van der Waals surface area contributed by atoms with Gasteiger partial charge in [-0.1, -0.05) is 17.7 Å². The molecule has 0 bridgehead atoms. The maximum absolute atomic E-state index is 15.6. The smallest absolute Gasteiger partial charge is 0.248 e. The van der Waals surface area contributed by atoms with E-state index in [1.165, 1.54) is 24.4 Å². The normalized spacial score (nSPS) is 20.7. The van der Waals surface area contributed by atoms with Gasteiger partial charge in [-0.2, -0.15) is 0 Å². The summed E-state index contributed by atoms with van der Waals surface area (Å²) >= 11 is 6.40. The zero-order chi connectivity index (χ0) is 21.2. The van der Waals surface area contributed by atoms with Gasteiger partial charge < -0.3 is 20.6 Å². The molecule has 154 valence electrons. The number of amides is 1. The number of carbonyl (C=O) groups excluding carboxylic acids is 1. The van der Waals surface area contributed by atoms with Crippen LogP contribution in [-0.4, -0.2) is 41.2 Å². The van der Waals surface area contributed by atoms with Gasteiger partial charge in [0.2, 0.25) is 5.91 Å². The second-order valence-electron chi connectivity index (χ2n) is 7.56. The van der Waals surface area contributed by atoms with Gasteiger partial charge in [-0.05, 0) is 25.1 Å². The number of aromatic nitrogens is 1. The average Bonchev–Trinajstić information content (AvgIpc) is 2.69. The SMILES string of the molecule is C[C@@H]1CN2c3c(cnc4c(F)c(-c5c(O)cccc5F)c(Cl)cc34)NC(=O)[C@H]2CN1. The topological polar surface area (TPSA) is 77.5 Å². The molecule has 0 unspecified atom stereocenters. The Kier molecular flexibility index (Phi) is 4.30. The van der Waals surface area contributed by atoms with Gasteiger partial charge in [-0.25, -0.2) is 8.78 Å². The third kappa shape index (κ3) is 2.71. The van der Waals surface area contributed by atoms with Gasteiger partial charge in [0.1, 0.15) is 23.1 Å². The molecule has 1 amide bonds. The lowest BCUT2D eigenvalue weighted by Gasteiger charge is -2.44. The van der Waals surface area contributed by atoms with E-state index < -0.39 is 23.4 Å². The van der Waals surface area contributed by atoms with Crippen LogP contribution in [0.15, 0.2) is 30.5 Å². The van der Waals surface area contributed by atoms with Crippen molar-refractivity contribution in [2.24, 2.45) is 0 Å². The van der Waals surface area contributed by atoms with E-state index in [9.17, 15) is 14.3 Å². The molecule has 2 aromatic carbocycles. The molecule has 2 atom stereocenters. The highest BCUT2D eigenvalue weighted by Gasteiger charge is 2.38. The summed E-state index contributed by atoms with van der Waals surface area (Å²) in [7, 11) is 0. The van der Waals surface area contributed by atoms with Crippen molar-refractivity contribution in [3.63, 3.8) is 0 Å². The lowest BCUT2D eigenvalue weighted by Crippen LogP contribution is -2.61. The Labute approximate surface area is 175 Å². The summed E-state index contributed by atoms with van der Waals surface area (Å²) in [6, 6.07) is 4.89. The number of fused-ring (bicyclic) bond motifs is 5. The molecule has 2 aliphatic rings. The van der Waals surface area contributed by atoms with Gasteiger partial charge in [0, 0.05) is 30.1 Å². The fourth-order valence-corrected chi connectivity index (χ4v) is 4.53. The third-order valence-electron chi connectivity index (χ3n) is 5.62. The van der Waals surface area contributed by atoms with E-state index >= 15 is 4.39 Å². The molecule has 0 spiro atoms. The minimum atomic E-state index is -0.836. The first-order valence-corrected chi connectivity index (χ1v) is 9.84. The van der Waals surface area contributed by atoms with Crippen molar-refractivity contribution in [3.8, 4) is 16.9 Å². The molecule has 0 saturated carbocycles. The zero-order valence-corrected chi connectivity index (χ0v) is 16.6. The van der Waals surface area contributed by atoms with Gasteiger partial charge in [0.25, 0.3) is 0 Å². The maximum atomic E-state index is 15.6.